The second-order valence-corrected chi connectivity index (χ2v) is 5.64. The summed E-state index contributed by atoms with van der Waals surface area (Å²) in [7, 11) is 0. The van der Waals surface area contributed by atoms with Crippen LogP contribution in [0.2, 0.25) is 15.2 Å². The van der Waals surface area contributed by atoms with Crippen molar-refractivity contribution in [3.8, 4) is 18.1 Å². The molecule has 25 heavy (non-hydrogen) atoms. The zero-order valence-electron chi connectivity index (χ0n) is 12.6. The van der Waals surface area contributed by atoms with Crippen molar-refractivity contribution in [1.82, 2.24) is 10.4 Å². The maximum atomic E-state index is 12.1. The number of hydrogen-bond donors (Lipinski definition) is 2. The maximum Gasteiger partial charge on any atom is 0.291 e. The van der Waals surface area contributed by atoms with E-state index in [1.54, 1.807) is 24.3 Å². The Kier molecular flexibility index (Phi) is 6.48. The number of nitrogens with one attached hydrogen (secondary N) is 1. The summed E-state index contributed by atoms with van der Waals surface area (Å²) >= 11 is 17.6. The van der Waals surface area contributed by atoms with Crippen LogP contribution in [-0.2, 0) is 0 Å². The molecule has 2 aromatic rings. The van der Waals surface area contributed by atoms with E-state index in [-0.39, 0.29) is 33.2 Å². The van der Waals surface area contributed by atoms with Crippen molar-refractivity contribution in [1.29, 1.82) is 0 Å². The molecule has 0 unspecified atom stereocenters. The van der Waals surface area contributed by atoms with Crippen molar-refractivity contribution < 1.29 is 9.53 Å². The van der Waals surface area contributed by atoms with Crippen LogP contribution in [0.1, 0.15) is 16.1 Å². The van der Waals surface area contributed by atoms with Gasteiger partial charge in [-0.25, -0.2) is 10.4 Å². The molecular formula is C16H11Cl3N4O2. The van der Waals surface area contributed by atoms with Gasteiger partial charge in [0.1, 0.15) is 17.4 Å². The molecule has 0 aliphatic heterocycles. The largest absolute Gasteiger partial charge is 0.480 e. The highest BCUT2D eigenvalue weighted by atomic mass is 35.5. The number of nitrogen functional groups attached to an aromatic ring is 1. The molecule has 1 aromatic carbocycles. The molecule has 1 aromatic heterocycles. The Balaban J connectivity index is 2.16. The van der Waals surface area contributed by atoms with Crippen LogP contribution in [0.5, 0.6) is 5.75 Å². The van der Waals surface area contributed by atoms with Crippen LogP contribution >= 0.6 is 34.8 Å². The average Bonchev–Trinajstić information content (AvgIpc) is 2.62. The first kappa shape index (κ1) is 18.9. The van der Waals surface area contributed by atoms with E-state index in [1.165, 1.54) is 6.21 Å². The van der Waals surface area contributed by atoms with Crippen molar-refractivity contribution in [3.63, 3.8) is 0 Å². The minimum atomic E-state index is -0.700. The number of hydrazone groups is 1. The maximum absolute atomic E-state index is 12.1. The van der Waals surface area contributed by atoms with Crippen molar-refractivity contribution in [2.24, 2.45) is 5.10 Å². The fourth-order valence-corrected chi connectivity index (χ4v) is 2.33. The Morgan fingerprint density at radius 3 is 2.80 bits per heavy atom. The SMILES string of the molecule is C#CCOc1ccccc1/C=N\NC(=O)c1nc(Cl)c(Cl)c(N)c1Cl. The van der Waals surface area contributed by atoms with Gasteiger partial charge in [0.25, 0.3) is 5.91 Å². The number of halogens is 3. The second kappa shape index (κ2) is 8.58. The molecule has 1 amide bonds. The van der Waals surface area contributed by atoms with Crippen molar-refractivity contribution in [2.45, 2.75) is 0 Å². The molecule has 2 rings (SSSR count). The summed E-state index contributed by atoms with van der Waals surface area (Å²) in [6, 6.07) is 7.02. The normalized spacial score (nSPS) is 10.5. The molecular weight excluding hydrogens is 387 g/mol. The number of para-hydroxylation sites is 1. The van der Waals surface area contributed by atoms with Crippen LogP contribution in [0.4, 0.5) is 5.69 Å². The summed E-state index contributed by atoms with van der Waals surface area (Å²) in [6.45, 7) is 0.110. The van der Waals surface area contributed by atoms with Crippen molar-refractivity contribution >= 4 is 52.6 Å². The predicted molar refractivity (Wildman–Crippen MR) is 99.5 cm³/mol. The Hall–Kier alpha value is -2.46. The van der Waals surface area contributed by atoms with E-state index in [4.69, 9.17) is 51.7 Å². The summed E-state index contributed by atoms with van der Waals surface area (Å²) in [5.41, 5.74) is 8.33. The van der Waals surface area contributed by atoms with Gasteiger partial charge < -0.3 is 10.5 Å². The van der Waals surface area contributed by atoms with E-state index >= 15 is 0 Å². The van der Waals surface area contributed by atoms with Crippen LogP contribution in [0.15, 0.2) is 29.4 Å². The number of benzene rings is 1. The number of pyridine rings is 1. The van der Waals surface area contributed by atoms with Crippen LogP contribution < -0.4 is 15.9 Å². The number of hydrogen-bond acceptors (Lipinski definition) is 5. The van der Waals surface area contributed by atoms with Gasteiger partial charge in [-0.1, -0.05) is 52.9 Å². The number of rotatable bonds is 5. The highest BCUT2D eigenvalue weighted by Gasteiger charge is 2.19. The van der Waals surface area contributed by atoms with E-state index in [0.717, 1.165) is 0 Å². The lowest BCUT2D eigenvalue weighted by atomic mass is 10.2. The molecule has 0 radical (unpaired) electrons. The lowest BCUT2D eigenvalue weighted by Gasteiger charge is -2.08. The van der Waals surface area contributed by atoms with Crippen LogP contribution in [-0.4, -0.2) is 23.7 Å². The highest BCUT2D eigenvalue weighted by molar-refractivity contribution is 6.46. The van der Waals surface area contributed by atoms with Gasteiger partial charge in [0.05, 0.1) is 16.9 Å². The molecule has 0 atom stereocenters. The molecule has 0 bridgehead atoms. The van der Waals surface area contributed by atoms with E-state index in [1.807, 2.05) is 0 Å². The first-order chi connectivity index (χ1) is 12.0. The Morgan fingerprint density at radius 2 is 2.08 bits per heavy atom. The van der Waals surface area contributed by atoms with E-state index in [0.29, 0.717) is 11.3 Å². The number of amides is 1. The zero-order valence-corrected chi connectivity index (χ0v) is 14.9. The summed E-state index contributed by atoms with van der Waals surface area (Å²) in [5.74, 6) is 2.19. The minimum Gasteiger partial charge on any atom is -0.480 e. The van der Waals surface area contributed by atoms with Crippen LogP contribution in [0.3, 0.4) is 0 Å². The third-order valence-corrected chi connectivity index (χ3v) is 4.02. The van der Waals surface area contributed by atoms with Gasteiger partial charge in [-0.2, -0.15) is 5.10 Å². The quantitative estimate of drug-likeness (QED) is 0.350. The molecule has 1 heterocycles. The summed E-state index contributed by atoms with van der Waals surface area (Å²) in [6.07, 6.45) is 6.55. The van der Waals surface area contributed by atoms with E-state index in [2.05, 4.69) is 21.4 Å². The van der Waals surface area contributed by atoms with Gasteiger partial charge in [0.2, 0.25) is 0 Å². The number of nitrogens with zero attached hydrogens (tertiary/aromatic N) is 2. The van der Waals surface area contributed by atoms with Gasteiger partial charge in [-0.3, -0.25) is 4.79 Å². The van der Waals surface area contributed by atoms with Crippen molar-refractivity contribution in [3.05, 3.63) is 50.7 Å². The lowest BCUT2D eigenvalue weighted by molar-refractivity contribution is 0.0950. The number of carbonyl (C=O) groups excluding carboxylic acids is 1. The van der Waals surface area contributed by atoms with E-state index in [9.17, 15) is 4.79 Å². The fraction of sp³-hybridized carbons (Fsp3) is 0.0625. The summed E-state index contributed by atoms with van der Waals surface area (Å²) < 4.78 is 5.37. The molecule has 0 aliphatic carbocycles. The van der Waals surface area contributed by atoms with Gasteiger partial charge in [-0.05, 0) is 12.1 Å². The Labute approximate surface area is 158 Å². The number of nitrogens with two attached hydrogens (primary N) is 1. The Bertz CT molecular complexity index is 878. The lowest BCUT2D eigenvalue weighted by Crippen LogP contribution is -2.20. The van der Waals surface area contributed by atoms with Gasteiger partial charge in [0, 0.05) is 5.56 Å². The molecule has 3 N–H and O–H groups in total. The standard InChI is InChI=1S/C16H11Cl3N4O2/c1-2-7-25-10-6-4-3-5-9(10)8-21-23-16(24)14-11(17)13(20)12(18)15(19)22-14/h1,3-6,8H,7H2,(H2,20,22)(H,23,24)/b21-8-. The molecule has 0 saturated heterocycles. The number of terminal acetylenes is 1. The smallest absolute Gasteiger partial charge is 0.291 e. The highest BCUT2D eigenvalue weighted by Crippen LogP contribution is 2.34. The van der Waals surface area contributed by atoms with Crippen LogP contribution in [0, 0.1) is 12.3 Å². The topological polar surface area (TPSA) is 89.6 Å². The minimum absolute atomic E-state index is 0.0219. The average molecular weight is 398 g/mol. The molecule has 128 valence electrons. The zero-order chi connectivity index (χ0) is 18.4. The van der Waals surface area contributed by atoms with Crippen LogP contribution in [0.25, 0.3) is 0 Å². The predicted octanol–water partition coefficient (Wildman–Crippen LogP) is 3.40. The molecule has 0 spiro atoms. The fourth-order valence-electron chi connectivity index (χ4n) is 1.73. The number of anilines is 1. The number of ether oxygens (including phenoxy) is 1. The second-order valence-electron chi connectivity index (χ2n) is 4.52. The monoisotopic (exact) mass is 396 g/mol. The van der Waals surface area contributed by atoms with Gasteiger partial charge in [0.15, 0.2) is 10.8 Å². The third kappa shape index (κ3) is 4.54. The Morgan fingerprint density at radius 1 is 1.36 bits per heavy atom. The molecule has 9 heteroatoms. The van der Waals surface area contributed by atoms with E-state index < -0.39 is 5.91 Å². The first-order valence-electron chi connectivity index (χ1n) is 6.74. The van der Waals surface area contributed by atoms with Gasteiger partial charge >= 0.3 is 0 Å². The summed E-state index contributed by atoms with van der Waals surface area (Å²) in [5, 5.41) is 3.57. The number of carbonyl (C=O) groups is 1. The molecule has 0 fully saturated rings. The molecule has 0 aliphatic rings. The number of aromatic nitrogens is 1. The summed E-state index contributed by atoms with van der Waals surface area (Å²) in [4.78, 5) is 15.9. The van der Waals surface area contributed by atoms with Crippen molar-refractivity contribution in [2.75, 3.05) is 12.3 Å². The molecule has 0 saturated carbocycles. The third-order valence-electron chi connectivity index (χ3n) is 2.89. The molecule has 6 nitrogen and oxygen atoms in total. The van der Waals surface area contributed by atoms with Gasteiger partial charge in [-0.15, -0.1) is 6.42 Å². The first-order valence-corrected chi connectivity index (χ1v) is 7.87.